The summed E-state index contributed by atoms with van der Waals surface area (Å²) in [5.74, 6) is 0.490. The van der Waals surface area contributed by atoms with Crippen molar-refractivity contribution in [3.05, 3.63) is 95.1 Å². The van der Waals surface area contributed by atoms with Gasteiger partial charge in [0.05, 0.1) is 19.3 Å². The zero-order chi connectivity index (χ0) is 28.8. The maximum absolute atomic E-state index is 14.4. The average molecular weight is 558 g/mol. The van der Waals surface area contributed by atoms with Gasteiger partial charge in [-0.25, -0.2) is 4.79 Å². The van der Waals surface area contributed by atoms with Gasteiger partial charge in [-0.05, 0) is 49.4 Å². The molecular formula is C34H39NO6. The first-order chi connectivity index (χ1) is 19.9. The summed E-state index contributed by atoms with van der Waals surface area (Å²) in [6.45, 7) is 4.65. The molecule has 1 fully saturated rings. The largest absolute Gasteiger partial charge is 0.493 e. The highest BCUT2D eigenvalue weighted by molar-refractivity contribution is 5.89. The summed E-state index contributed by atoms with van der Waals surface area (Å²) in [6, 6.07) is 22.4. The molecule has 1 saturated carbocycles. The quantitative estimate of drug-likeness (QED) is 0.277. The van der Waals surface area contributed by atoms with Gasteiger partial charge in [-0.15, -0.1) is 0 Å². The van der Waals surface area contributed by atoms with E-state index in [2.05, 4.69) is 6.92 Å². The molecule has 7 heteroatoms. The van der Waals surface area contributed by atoms with Crippen molar-refractivity contribution in [1.29, 1.82) is 0 Å². The Hall–Kier alpha value is -3.84. The van der Waals surface area contributed by atoms with Gasteiger partial charge < -0.3 is 23.8 Å². The predicted molar refractivity (Wildman–Crippen MR) is 156 cm³/mol. The van der Waals surface area contributed by atoms with Gasteiger partial charge in [0.15, 0.2) is 17.6 Å². The molecule has 0 saturated heterocycles. The van der Waals surface area contributed by atoms with Gasteiger partial charge in [-0.3, -0.25) is 4.79 Å². The first kappa shape index (κ1) is 28.7. The molecular weight excluding hydrogens is 518 g/mol. The number of rotatable bonds is 10. The van der Waals surface area contributed by atoms with E-state index in [0.29, 0.717) is 18.1 Å². The second-order valence-electron chi connectivity index (χ2n) is 11.0. The van der Waals surface area contributed by atoms with E-state index in [0.717, 1.165) is 47.9 Å². The zero-order valence-electron chi connectivity index (χ0n) is 24.1. The number of hydrogen-bond donors (Lipinski definition) is 0. The number of esters is 1. The Kier molecular flexibility index (Phi) is 8.93. The number of nitrogens with zero attached hydrogens (tertiary/aromatic N) is 1. The summed E-state index contributed by atoms with van der Waals surface area (Å²) in [6.07, 6.45) is 3.36. The molecule has 3 aromatic carbocycles. The van der Waals surface area contributed by atoms with Crippen LogP contribution in [-0.4, -0.2) is 42.1 Å². The molecule has 0 spiro atoms. The normalized spacial score (nSPS) is 18.3. The molecule has 5 rings (SSSR count). The summed E-state index contributed by atoms with van der Waals surface area (Å²) in [5.41, 5.74) is 3.16. The van der Waals surface area contributed by atoms with Crippen molar-refractivity contribution in [2.75, 3.05) is 13.7 Å². The highest BCUT2D eigenvalue weighted by Gasteiger charge is 2.43. The SMILES string of the molecule is CCOC(=O)[C@@H]1Cc2c(ccc(OC)c2OCc2ccccc2)CN1C(=O)C(OC1(C)CCCC1)c1ccccc1. The van der Waals surface area contributed by atoms with Crippen LogP contribution in [0.3, 0.4) is 0 Å². The van der Waals surface area contributed by atoms with Crippen molar-refractivity contribution in [3.8, 4) is 11.5 Å². The van der Waals surface area contributed by atoms with Crippen molar-refractivity contribution in [3.63, 3.8) is 0 Å². The predicted octanol–water partition coefficient (Wildman–Crippen LogP) is 6.18. The number of fused-ring (bicyclic) bond motifs is 1. The van der Waals surface area contributed by atoms with Crippen LogP contribution in [0.2, 0.25) is 0 Å². The van der Waals surface area contributed by atoms with E-state index in [1.165, 1.54) is 0 Å². The van der Waals surface area contributed by atoms with E-state index >= 15 is 0 Å². The third-order valence-corrected chi connectivity index (χ3v) is 8.11. The third kappa shape index (κ3) is 6.41. The van der Waals surface area contributed by atoms with Crippen molar-refractivity contribution >= 4 is 11.9 Å². The van der Waals surface area contributed by atoms with Gasteiger partial charge in [-0.2, -0.15) is 0 Å². The first-order valence-electron chi connectivity index (χ1n) is 14.5. The maximum atomic E-state index is 14.4. The molecule has 0 bridgehead atoms. The maximum Gasteiger partial charge on any atom is 0.329 e. The topological polar surface area (TPSA) is 74.3 Å². The monoisotopic (exact) mass is 557 g/mol. The number of carbonyl (C=O) groups is 2. The third-order valence-electron chi connectivity index (χ3n) is 8.11. The molecule has 3 aromatic rings. The fraction of sp³-hybridized carbons (Fsp3) is 0.412. The Morgan fingerprint density at radius 3 is 2.32 bits per heavy atom. The van der Waals surface area contributed by atoms with Crippen LogP contribution in [0.4, 0.5) is 0 Å². The summed E-state index contributed by atoms with van der Waals surface area (Å²) < 4.78 is 24.1. The summed E-state index contributed by atoms with van der Waals surface area (Å²) in [5, 5.41) is 0. The first-order valence-corrected chi connectivity index (χ1v) is 14.5. The molecule has 1 aliphatic heterocycles. The van der Waals surface area contributed by atoms with Crippen LogP contribution in [0, 0.1) is 0 Å². The van der Waals surface area contributed by atoms with Gasteiger partial charge >= 0.3 is 5.97 Å². The van der Waals surface area contributed by atoms with Gasteiger partial charge in [0.2, 0.25) is 0 Å². The number of hydrogen-bond acceptors (Lipinski definition) is 6. The summed E-state index contributed by atoms with van der Waals surface area (Å²) in [7, 11) is 1.60. The molecule has 0 radical (unpaired) electrons. The molecule has 1 unspecified atom stereocenters. The highest BCUT2D eigenvalue weighted by Crippen LogP contribution is 2.42. The Balaban J connectivity index is 1.50. The van der Waals surface area contributed by atoms with Gasteiger partial charge in [0.25, 0.3) is 5.91 Å². The van der Waals surface area contributed by atoms with Crippen molar-refractivity contribution in [2.24, 2.45) is 0 Å². The molecule has 1 aliphatic carbocycles. The average Bonchev–Trinajstić information content (AvgIpc) is 3.44. The molecule has 7 nitrogen and oxygen atoms in total. The van der Waals surface area contributed by atoms with E-state index < -0.39 is 23.7 Å². The van der Waals surface area contributed by atoms with Crippen molar-refractivity contribution in [2.45, 2.75) is 76.9 Å². The summed E-state index contributed by atoms with van der Waals surface area (Å²) >= 11 is 0. The van der Waals surface area contributed by atoms with Crippen molar-refractivity contribution in [1.82, 2.24) is 4.90 Å². The smallest absolute Gasteiger partial charge is 0.329 e. The van der Waals surface area contributed by atoms with Gasteiger partial charge in [-0.1, -0.05) is 79.6 Å². The lowest BCUT2D eigenvalue weighted by atomic mass is 9.91. The fourth-order valence-electron chi connectivity index (χ4n) is 5.91. The number of methoxy groups -OCH3 is 1. The lowest BCUT2D eigenvalue weighted by molar-refractivity contribution is -0.168. The zero-order valence-corrected chi connectivity index (χ0v) is 24.1. The molecule has 0 N–H and O–H groups in total. The molecule has 41 heavy (non-hydrogen) atoms. The van der Waals surface area contributed by atoms with Crippen LogP contribution in [0.15, 0.2) is 72.8 Å². The number of ether oxygens (including phenoxy) is 4. The van der Waals surface area contributed by atoms with E-state index in [-0.39, 0.29) is 25.5 Å². The van der Waals surface area contributed by atoms with Crippen LogP contribution in [-0.2, 0) is 38.6 Å². The number of benzene rings is 3. The molecule has 216 valence electrons. The molecule has 2 aliphatic rings. The summed E-state index contributed by atoms with van der Waals surface area (Å²) in [4.78, 5) is 29.4. The van der Waals surface area contributed by atoms with Crippen LogP contribution in [0.5, 0.6) is 11.5 Å². The molecule has 1 amide bonds. The van der Waals surface area contributed by atoms with E-state index in [9.17, 15) is 9.59 Å². The molecule has 1 heterocycles. The number of amides is 1. The van der Waals surface area contributed by atoms with Crippen molar-refractivity contribution < 1.29 is 28.5 Å². The molecule has 0 aromatic heterocycles. The minimum atomic E-state index is -0.829. The Bertz CT molecular complexity index is 1340. The second-order valence-corrected chi connectivity index (χ2v) is 11.0. The van der Waals surface area contributed by atoms with Gasteiger partial charge in [0.1, 0.15) is 12.6 Å². The van der Waals surface area contributed by atoms with Crippen LogP contribution < -0.4 is 9.47 Å². The lowest BCUT2D eigenvalue weighted by Gasteiger charge is -2.39. The Labute approximate surface area is 242 Å². The van der Waals surface area contributed by atoms with E-state index in [1.54, 1.807) is 18.9 Å². The fourth-order valence-corrected chi connectivity index (χ4v) is 5.91. The van der Waals surface area contributed by atoms with E-state index in [1.807, 2.05) is 72.8 Å². The minimum Gasteiger partial charge on any atom is -0.493 e. The standard InChI is InChI=1S/C34H39NO6/c1-4-39-33(37)28-21-27-26(17-18-29(38-3)31(27)40-23-24-13-7-5-8-14-24)22-35(28)32(36)30(25-15-9-6-10-16-25)41-34(2)19-11-12-20-34/h5-10,13-18,28,30H,4,11-12,19-23H2,1-3H3/t28-,30?/m0/s1. The van der Waals surface area contributed by atoms with Crippen LogP contribution in [0.25, 0.3) is 0 Å². The Morgan fingerprint density at radius 2 is 1.66 bits per heavy atom. The van der Waals surface area contributed by atoms with Crippen LogP contribution in [0.1, 0.15) is 67.9 Å². The number of carbonyl (C=O) groups excluding carboxylic acids is 2. The highest BCUT2D eigenvalue weighted by atomic mass is 16.5. The minimum absolute atomic E-state index is 0.219. The van der Waals surface area contributed by atoms with E-state index in [4.69, 9.17) is 18.9 Å². The molecule has 2 atom stereocenters. The van der Waals surface area contributed by atoms with Gasteiger partial charge in [0, 0.05) is 18.5 Å². The lowest BCUT2D eigenvalue weighted by Crippen LogP contribution is -2.52. The van der Waals surface area contributed by atoms with Crippen LogP contribution >= 0.6 is 0 Å². The Morgan fingerprint density at radius 1 is 0.976 bits per heavy atom. The second kappa shape index (κ2) is 12.8.